The number of carbonyl (C=O) groups is 1. The molecule has 0 aliphatic heterocycles. The molecule has 0 saturated heterocycles. The first-order valence-electron chi connectivity index (χ1n) is 7.27. The van der Waals surface area contributed by atoms with Crippen molar-refractivity contribution < 1.29 is 9.53 Å². The van der Waals surface area contributed by atoms with Gasteiger partial charge in [-0.2, -0.15) is 0 Å². The summed E-state index contributed by atoms with van der Waals surface area (Å²) in [6, 6.07) is 9.29. The van der Waals surface area contributed by atoms with Gasteiger partial charge in [0.05, 0.1) is 11.4 Å². The Morgan fingerprint density at radius 1 is 1.17 bits per heavy atom. The lowest BCUT2D eigenvalue weighted by Gasteiger charge is -2.21. The number of hydrogen-bond donors (Lipinski definition) is 1. The molecule has 6 heteroatoms. The van der Waals surface area contributed by atoms with Crippen LogP contribution in [0.3, 0.4) is 0 Å². The molecule has 0 aliphatic carbocycles. The van der Waals surface area contributed by atoms with Crippen LogP contribution in [0.2, 0.25) is 0 Å². The lowest BCUT2D eigenvalue weighted by atomic mass is 10.1. The molecule has 0 fully saturated rings. The Labute approximate surface area is 133 Å². The van der Waals surface area contributed by atoms with Crippen LogP contribution in [0.4, 0.5) is 10.6 Å². The van der Waals surface area contributed by atoms with Gasteiger partial charge in [0.25, 0.3) is 0 Å². The van der Waals surface area contributed by atoms with Crippen LogP contribution < -0.4 is 5.73 Å². The lowest BCUT2D eigenvalue weighted by Crippen LogP contribution is -2.28. The van der Waals surface area contributed by atoms with E-state index in [2.05, 4.69) is 9.97 Å². The summed E-state index contributed by atoms with van der Waals surface area (Å²) in [6.07, 6.45) is 2.53. The third-order valence-electron chi connectivity index (χ3n) is 3.32. The number of benzene rings is 1. The minimum absolute atomic E-state index is 0.337. The van der Waals surface area contributed by atoms with Crippen molar-refractivity contribution >= 4 is 22.7 Å². The zero-order valence-corrected chi connectivity index (χ0v) is 13.3. The smallest absolute Gasteiger partial charge is 0.420 e. The van der Waals surface area contributed by atoms with Gasteiger partial charge in [0.15, 0.2) is 0 Å². The van der Waals surface area contributed by atoms with Crippen molar-refractivity contribution in [2.24, 2.45) is 0 Å². The predicted molar refractivity (Wildman–Crippen MR) is 89.0 cm³/mol. The highest BCUT2D eigenvalue weighted by atomic mass is 16.6. The number of fused-ring (bicyclic) bond motifs is 1. The second-order valence-electron chi connectivity index (χ2n) is 6.19. The van der Waals surface area contributed by atoms with E-state index in [0.717, 1.165) is 10.8 Å². The second kappa shape index (κ2) is 5.39. The first kappa shape index (κ1) is 15.0. The molecule has 6 nitrogen and oxygen atoms in total. The summed E-state index contributed by atoms with van der Waals surface area (Å²) in [5, 5.41) is 1.63. The van der Waals surface area contributed by atoms with Gasteiger partial charge in [-0.25, -0.2) is 19.3 Å². The second-order valence-corrected chi connectivity index (χ2v) is 6.19. The summed E-state index contributed by atoms with van der Waals surface area (Å²) in [5.74, 6) is 0.337. The average molecular weight is 310 g/mol. The molecule has 2 heterocycles. The first-order chi connectivity index (χ1) is 10.9. The van der Waals surface area contributed by atoms with Crippen molar-refractivity contribution in [3.05, 3.63) is 42.9 Å². The largest absolute Gasteiger partial charge is 0.443 e. The molecule has 3 aromatic rings. The molecule has 0 amide bonds. The van der Waals surface area contributed by atoms with E-state index in [4.69, 9.17) is 10.5 Å². The number of anilines is 1. The van der Waals surface area contributed by atoms with Crippen molar-refractivity contribution in [1.82, 2.24) is 14.5 Å². The van der Waals surface area contributed by atoms with Gasteiger partial charge in [0.2, 0.25) is 0 Å². The highest BCUT2D eigenvalue weighted by molar-refractivity contribution is 6.07. The number of rotatable bonds is 1. The van der Waals surface area contributed by atoms with E-state index in [9.17, 15) is 4.79 Å². The third kappa shape index (κ3) is 2.75. The normalized spacial score (nSPS) is 11.6. The van der Waals surface area contributed by atoms with E-state index in [-0.39, 0.29) is 0 Å². The maximum Gasteiger partial charge on any atom is 0.420 e. The minimum Gasteiger partial charge on any atom is -0.443 e. The van der Waals surface area contributed by atoms with Crippen LogP contribution >= 0.6 is 0 Å². The predicted octanol–water partition coefficient (Wildman–Crippen LogP) is 3.46. The maximum atomic E-state index is 12.7. The van der Waals surface area contributed by atoms with Crippen molar-refractivity contribution in [3.63, 3.8) is 0 Å². The molecular weight excluding hydrogens is 292 g/mol. The number of carbonyl (C=O) groups excluding carboxylic acids is 1. The summed E-state index contributed by atoms with van der Waals surface area (Å²) in [7, 11) is 0. The van der Waals surface area contributed by atoms with Crippen molar-refractivity contribution in [2.75, 3.05) is 5.73 Å². The van der Waals surface area contributed by atoms with Crippen LogP contribution in [0.15, 0.2) is 42.9 Å². The molecule has 2 aromatic heterocycles. The molecule has 2 N–H and O–H groups in total. The summed E-state index contributed by atoms with van der Waals surface area (Å²) in [4.78, 5) is 20.8. The molecule has 0 aliphatic rings. The molecule has 118 valence electrons. The van der Waals surface area contributed by atoms with Gasteiger partial charge in [0.1, 0.15) is 17.7 Å². The lowest BCUT2D eigenvalue weighted by molar-refractivity contribution is 0.0544. The van der Waals surface area contributed by atoms with Gasteiger partial charge < -0.3 is 10.5 Å². The number of nitrogen functional groups attached to an aromatic ring is 1. The van der Waals surface area contributed by atoms with Gasteiger partial charge >= 0.3 is 6.09 Å². The Kier molecular flexibility index (Phi) is 3.52. The summed E-state index contributed by atoms with van der Waals surface area (Å²) < 4.78 is 6.87. The molecule has 0 unspecified atom stereocenters. The van der Waals surface area contributed by atoms with E-state index >= 15 is 0 Å². The van der Waals surface area contributed by atoms with Gasteiger partial charge in [-0.3, -0.25) is 0 Å². The van der Waals surface area contributed by atoms with Crippen LogP contribution in [0.5, 0.6) is 0 Å². The first-order valence-corrected chi connectivity index (χ1v) is 7.27. The molecule has 3 rings (SSSR count). The minimum atomic E-state index is -0.622. The Morgan fingerprint density at radius 2 is 1.87 bits per heavy atom. The number of ether oxygens (including phenoxy) is 1. The molecule has 0 spiro atoms. The molecule has 0 saturated carbocycles. The number of hydrogen-bond acceptors (Lipinski definition) is 5. The number of nitrogens with two attached hydrogens (primary N) is 1. The van der Waals surface area contributed by atoms with Gasteiger partial charge in [-0.15, -0.1) is 0 Å². The Balaban J connectivity index is 2.28. The Hall–Kier alpha value is -2.89. The number of aromatic nitrogens is 3. The zero-order chi connectivity index (χ0) is 16.6. The van der Waals surface area contributed by atoms with E-state index in [1.165, 1.54) is 10.9 Å². The summed E-state index contributed by atoms with van der Waals surface area (Å²) >= 11 is 0. The van der Waals surface area contributed by atoms with Crippen LogP contribution in [-0.4, -0.2) is 26.2 Å². The van der Waals surface area contributed by atoms with Crippen LogP contribution in [-0.2, 0) is 4.74 Å². The Morgan fingerprint density at radius 3 is 2.48 bits per heavy atom. The fourth-order valence-corrected chi connectivity index (χ4v) is 2.45. The molecule has 0 atom stereocenters. The van der Waals surface area contributed by atoms with E-state index in [0.29, 0.717) is 17.2 Å². The van der Waals surface area contributed by atoms with Crippen molar-refractivity contribution in [1.29, 1.82) is 0 Å². The van der Waals surface area contributed by atoms with E-state index in [1.54, 1.807) is 12.3 Å². The van der Waals surface area contributed by atoms with Crippen LogP contribution in [0, 0.1) is 0 Å². The van der Waals surface area contributed by atoms with Crippen molar-refractivity contribution in [3.8, 4) is 11.4 Å². The van der Waals surface area contributed by atoms with E-state index in [1.807, 2.05) is 45.0 Å². The standard InChI is InChI=1S/C17H18N4O2/c1-17(2,3)23-16(22)21-14(13-8-9-19-10-20-13)11-6-4-5-7-12(11)15(21)18/h4-10H,18H2,1-3H3. The van der Waals surface area contributed by atoms with Gasteiger partial charge in [-0.05, 0) is 26.8 Å². The average Bonchev–Trinajstić information content (AvgIpc) is 2.80. The summed E-state index contributed by atoms with van der Waals surface area (Å²) in [6.45, 7) is 5.44. The quantitative estimate of drug-likeness (QED) is 0.744. The van der Waals surface area contributed by atoms with Gasteiger partial charge in [0, 0.05) is 17.0 Å². The third-order valence-corrected chi connectivity index (χ3v) is 3.32. The van der Waals surface area contributed by atoms with Crippen LogP contribution in [0.25, 0.3) is 22.2 Å². The summed E-state index contributed by atoms with van der Waals surface area (Å²) in [5.41, 5.74) is 6.81. The SMILES string of the molecule is CC(C)(C)OC(=O)n1c(N)c2ccccc2c1-c1ccncn1. The molecular formula is C17H18N4O2. The van der Waals surface area contributed by atoms with Crippen molar-refractivity contribution in [2.45, 2.75) is 26.4 Å². The molecule has 0 bridgehead atoms. The topological polar surface area (TPSA) is 83.0 Å². The maximum absolute atomic E-state index is 12.7. The highest BCUT2D eigenvalue weighted by Gasteiger charge is 2.25. The monoisotopic (exact) mass is 310 g/mol. The zero-order valence-electron chi connectivity index (χ0n) is 13.3. The number of nitrogens with zero attached hydrogens (tertiary/aromatic N) is 3. The molecule has 0 radical (unpaired) electrons. The Bertz CT molecular complexity index is 863. The fourth-order valence-electron chi connectivity index (χ4n) is 2.45. The molecule has 23 heavy (non-hydrogen) atoms. The van der Waals surface area contributed by atoms with Crippen LogP contribution in [0.1, 0.15) is 20.8 Å². The molecule has 1 aromatic carbocycles. The fraction of sp³-hybridized carbons (Fsp3) is 0.235. The van der Waals surface area contributed by atoms with E-state index < -0.39 is 11.7 Å². The van der Waals surface area contributed by atoms with Gasteiger partial charge in [-0.1, -0.05) is 24.3 Å². The highest BCUT2D eigenvalue weighted by Crippen LogP contribution is 2.35.